The number of rotatable bonds is 8. The van der Waals surface area contributed by atoms with E-state index >= 15 is 0 Å². The molecule has 0 fully saturated rings. The number of para-hydroxylation sites is 1. The van der Waals surface area contributed by atoms with Crippen molar-refractivity contribution in [3.8, 4) is 0 Å². The van der Waals surface area contributed by atoms with E-state index in [1.165, 1.54) is 6.08 Å². The molecule has 0 saturated heterocycles. The molecule has 156 valence electrons. The molecule has 1 amide bonds. The second-order valence-electron chi connectivity index (χ2n) is 7.14. The van der Waals surface area contributed by atoms with Crippen LogP contribution < -0.4 is 10.0 Å². The number of hydrogen-bond acceptors (Lipinski definition) is 4. The first-order chi connectivity index (χ1) is 14.3. The molecule has 1 aromatic heterocycles. The molecular weight excluding hydrogens is 398 g/mol. The number of anilines is 1. The summed E-state index contributed by atoms with van der Waals surface area (Å²) in [5, 5.41) is 3.92. The molecule has 0 atom stereocenters. The molecule has 3 rings (SSSR count). The number of sulfonamides is 1. The Kier molecular flexibility index (Phi) is 6.64. The second-order valence-corrected chi connectivity index (χ2v) is 8.94. The normalized spacial score (nSPS) is 11.4. The number of fused-ring (bicyclic) bond motifs is 1. The third kappa shape index (κ3) is 5.31. The molecule has 2 aromatic carbocycles. The van der Waals surface area contributed by atoms with Gasteiger partial charge in [-0.3, -0.25) is 9.78 Å². The van der Waals surface area contributed by atoms with Gasteiger partial charge in [0.1, 0.15) is 0 Å². The lowest BCUT2D eigenvalue weighted by Crippen LogP contribution is -2.25. The number of nitrogens with one attached hydrogen (secondary N) is 2. The number of pyridine rings is 1. The van der Waals surface area contributed by atoms with Crippen LogP contribution in [0.2, 0.25) is 0 Å². The van der Waals surface area contributed by atoms with Crippen LogP contribution in [0.3, 0.4) is 0 Å². The molecule has 30 heavy (non-hydrogen) atoms. The summed E-state index contributed by atoms with van der Waals surface area (Å²) >= 11 is 0. The van der Waals surface area contributed by atoms with Crippen molar-refractivity contribution >= 4 is 32.5 Å². The molecule has 0 radical (unpaired) electrons. The Labute approximate surface area is 177 Å². The number of aromatic nitrogens is 1. The maximum atomic E-state index is 12.6. The zero-order chi connectivity index (χ0) is 21.7. The van der Waals surface area contributed by atoms with Crippen LogP contribution in [0, 0.1) is 13.8 Å². The van der Waals surface area contributed by atoms with Crippen LogP contribution in [0.4, 0.5) is 5.69 Å². The number of nitrogens with zero attached hydrogens (tertiary/aromatic N) is 1. The van der Waals surface area contributed by atoms with Gasteiger partial charge in [-0.2, -0.15) is 0 Å². The molecule has 0 aliphatic heterocycles. The number of hydrogen-bond donors (Lipinski definition) is 2. The smallest absolute Gasteiger partial charge is 0.228 e. The van der Waals surface area contributed by atoms with Gasteiger partial charge < -0.3 is 5.32 Å². The summed E-state index contributed by atoms with van der Waals surface area (Å²) in [5.74, 6) is -0.276. The predicted octanol–water partition coefficient (Wildman–Crippen LogP) is 3.64. The topological polar surface area (TPSA) is 88.2 Å². The SMILES string of the molecule is C=CCNS(=O)(=O)Cc1ccc(NC(=O)Cc2c(C)nc3ccccc3c2C)cc1. The van der Waals surface area contributed by atoms with E-state index in [-0.39, 0.29) is 24.6 Å². The Hall–Kier alpha value is -3.03. The van der Waals surface area contributed by atoms with Crippen LogP contribution in [-0.4, -0.2) is 25.9 Å². The van der Waals surface area contributed by atoms with Crippen LogP contribution in [0.5, 0.6) is 0 Å². The van der Waals surface area contributed by atoms with Crippen molar-refractivity contribution in [2.45, 2.75) is 26.0 Å². The summed E-state index contributed by atoms with van der Waals surface area (Å²) in [5.41, 5.74) is 4.99. The lowest BCUT2D eigenvalue weighted by atomic mass is 9.99. The third-order valence-corrected chi connectivity index (χ3v) is 6.18. The van der Waals surface area contributed by atoms with Crippen molar-refractivity contribution in [3.63, 3.8) is 0 Å². The number of amides is 1. The first kappa shape index (κ1) is 21.7. The fourth-order valence-electron chi connectivity index (χ4n) is 3.34. The minimum Gasteiger partial charge on any atom is -0.326 e. The molecular formula is C23H25N3O3S. The number of carbonyl (C=O) groups excluding carboxylic acids is 1. The van der Waals surface area contributed by atoms with E-state index in [9.17, 15) is 13.2 Å². The monoisotopic (exact) mass is 423 g/mol. The standard InChI is InChI=1S/C23H25N3O3S/c1-4-13-24-30(28,29)15-18-9-11-19(12-10-18)26-23(27)14-21-16(2)20-7-5-6-8-22(20)25-17(21)3/h4-12,24H,1,13-15H2,2-3H3,(H,26,27). The van der Waals surface area contributed by atoms with Crippen LogP contribution in [0.15, 0.2) is 61.2 Å². The molecule has 0 bridgehead atoms. The minimum absolute atomic E-state index is 0.129. The fraction of sp³-hybridized carbons (Fsp3) is 0.217. The van der Waals surface area contributed by atoms with Crippen LogP contribution in [0.1, 0.15) is 22.4 Å². The summed E-state index contributed by atoms with van der Waals surface area (Å²) in [6.45, 7) is 7.61. The van der Waals surface area contributed by atoms with Crippen molar-refractivity contribution in [2.24, 2.45) is 0 Å². The van der Waals surface area contributed by atoms with Crippen molar-refractivity contribution in [1.29, 1.82) is 0 Å². The lowest BCUT2D eigenvalue weighted by Gasteiger charge is -2.13. The van der Waals surface area contributed by atoms with E-state index in [1.807, 2.05) is 38.1 Å². The number of carbonyl (C=O) groups is 1. The Morgan fingerprint density at radius 2 is 1.80 bits per heavy atom. The molecule has 0 saturated carbocycles. The Morgan fingerprint density at radius 3 is 2.50 bits per heavy atom. The maximum absolute atomic E-state index is 12.6. The van der Waals surface area contributed by atoms with Crippen LogP contribution >= 0.6 is 0 Å². The molecule has 6 nitrogen and oxygen atoms in total. The van der Waals surface area contributed by atoms with Gasteiger partial charge in [-0.25, -0.2) is 13.1 Å². The first-order valence-electron chi connectivity index (χ1n) is 9.61. The van der Waals surface area contributed by atoms with Gasteiger partial charge in [0, 0.05) is 23.3 Å². The molecule has 0 aliphatic carbocycles. The average Bonchev–Trinajstić information content (AvgIpc) is 2.71. The number of benzene rings is 2. The zero-order valence-corrected chi connectivity index (χ0v) is 17.9. The predicted molar refractivity (Wildman–Crippen MR) is 121 cm³/mol. The van der Waals surface area contributed by atoms with E-state index in [0.717, 1.165) is 27.7 Å². The molecule has 2 N–H and O–H groups in total. The Morgan fingerprint density at radius 1 is 1.10 bits per heavy atom. The quantitative estimate of drug-likeness (QED) is 0.542. The van der Waals surface area contributed by atoms with Gasteiger partial charge in [-0.1, -0.05) is 36.4 Å². The Balaban J connectivity index is 1.68. The highest BCUT2D eigenvalue weighted by atomic mass is 32.2. The van der Waals surface area contributed by atoms with Crippen molar-refractivity contribution in [3.05, 3.63) is 83.6 Å². The van der Waals surface area contributed by atoms with Gasteiger partial charge in [0.15, 0.2) is 0 Å². The van der Waals surface area contributed by atoms with Crippen LogP contribution in [-0.2, 0) is 27.0 Å². The van der Waals surface area contributed by atoms with Gasteiger partial charge in [-0.05, 0) is 48.7 Å². The van der Waals surface area contributed by atoms with Crippen molar-refractivity contribution < 1.29 is 13.2 Å². The summed E-state index contributed by atoms with van der Waals surface area (Å²) < 4.78 is 26.3. The first-order valence-corrected chi connectivity index (χ1v) is 11.3. The average molecular weight is 424 g/mol. The van der Waals surface area contributed by atoms with E-state index < -0.39 is 10.0 Å². The minimum atomic E-state index is -3.42. The van der Waals surface area contributed by atoms with Gasteiger partial charge >= 0.3 is 0 Å². The summed E-state index contributed by atoms with van der Waals surface area (Å²) in [6.07, 6.45) is 1.71. The van der Waals surface area contributed by atoms with Gasteiger partial charge in [0.05, 0.1) is 17.7 Å². The highest BCUT2D eigenvalue weighted by Crippen LogP contribution is 2.23. The molecule has 0 spiro atoms. The molecule has 0 aliphatic rings. The lowest BCUT2D eigenvalue weighted by molar-refractivity contribution is -0.115. The van der Waals surface area contributed by atoms with Gasteiger partial charge in [-0.15, -0.1) is 6.58 Å². The zero-order valence-electron chi connectivity index (χ0n) is 17.1. The van der Waals surface area contributed by atoms with Crippen molar-refractivity contribution in [2.75, 3.05) is 11.9 Å². The van der Waals surface area contributed by atoms with Crippen LogP contribution in [0.25, 0.3) is 10.9 Å². The van der Waals surface area contributed by atoms with E-state index in [0.29, 0.717) is 11.3 Å². The van der Waals surface area contributed by atoms with Gasteiger partial charge in [0.2, 0.25) is 15.9 Å². The molecule has 3 aromatic rings. The fourth-order valence-corrected chi connectivity index (χ4v) is 4.44. The summed E-state index contributed by atoms with van der Waals surface area (Å²) in [7, 11) is -3.42. The maximum Gasteiger partial charge on any atom is 0.228 e. The molecule has 7 heteroatoms. The van der Waals surface area contributed by atoms with E-state index in [4.69, 9.17) is 0 Å². The Bertz CT molecular complexity index is 1190. The summed E-state index contributed by atoms with van der Waals surface area (Å²) in [4.78, 5) is 17.2. The summed E-state index contributed by atoms with van der Waals surface area (Å²) in [6, 6.07) is 14.7. The molecule has 0 unspecified atom stereocenters. The third-order valence-electron chi connectivity index (χ3n) is 4.86. The van der Waals surface area contributed by atoms with E-state index in [2.05, 4.69) is 21.6 Å². The highest BCUT2D eigenvalue weighted by Gasteiger charge is 2.14. The highest BCUT2D eigenvalue weighted by molar-refractivity contribution is 7.88. The second kappa shape index (κ2) is 9.19. The molecule has 1 heterocycles. The number of aryl methyl sites for hydroxylation is 2. The van der Waals surface area contributed by atoms with Gasteiger partial charge in [0.25, 0.3) is 0 Å². The van der Waals surface area contributed by atoms with E-state index in [1.54, 1.807) is 24.3 Å². The van der Waals surface area contributed by atoms with Crippen molar-refractivity contribution in [1.82, 2.24) is 9.71 Å². The largest absolute Gasteiger partial charge is 0.326 e.